The van der Waals surface area contributed by atoms with Gasteiger partial charge in [-0.15, -0.1) is 0 Å². The quantitative estimate of drug-likeness (QED) is 0.727. The van der Waals surface area contributed by atoms with E-state index in [9.17, 15) is 4.79 Å². The Hall–Kier alpha value is -2.04. The Balaban J connectivity index is 2.52. The van der Waals surface area contributed by atoms with Crippen molar-refractivity contribution in [3.63, 3.8) is 0 Å². The molecule has 2 aromatic rings. The van der Waals surface area contributed by atoms with Gasteiger partial charge in [0, 0.05) is 0 Å². The minimum atomic E-state index is -1.05. The van der Waals surface area contributed by atoms with Crippen LogP contribution in [-0.4, -0.2) is 21.3 Å². The first kappa shape index (κ1) is 7.60. The van der Waals surface area contributed by atoms with E-state index >= 15 is 0 Å². The Morgan fingerprint density at radius 2 is 2.46 bits per heavy atom. The maximum Gasteiger partial charge on any atom is 0.354 e. The highest BCUT2D eigenvalue weighted by atomic mass is 16.4. The summed E-state index contributed by atoms with van der Waals surface area (Å²) in [6, 6.07) is 3.37. The van der Waals surface area contributed by atoms with Crippen LogP contribution in [0, 0.1) is 0 Å². The topological polar surface area (TPSA) is 79.1 Å². The molecule has 0 unspecified atom stereocenters. The molecule has 0 spiro atoms. The summed E-state index contributed by atoms with van der Waals surface area (Å²) in [5, 5.41) is 14.8. The minimum Gasteiger partial charge on any atom is -0.477 e. The number of H-pyrrole nitrogens is 1. The minimum absolute atomic E-state index is 0.0370. The molecule has 0 atom stereocenters. The molecule has 2 aromatic heterocycles. The Kier molecular flexibility index (Phi) is 1.63. The smallest absolute Gasteiger partial charge is 0.354 e. The summed E-state index contributed by atoms with van der Waals surface area (Å²) in [4.78, 5) is 10.7. The molecule has 0 aliphatic rings. The van der Waals surface area contributed by atoms with Crippen LogP contribution < -0.4 is 0 Å². The molecule has 66 valence electrons. The van der Waals surface area contributed by atoms with Crippen LogP contribution in [0.15, 0.2) is 29.0 Å². The highest BCUT2D eigenvalue weighted by molar-refractivity contribution is 5.92. The van der Waals surface area contributed by atoms with Gasteiger partial charge in [0.2, 0.25) is 0 Å². The lowest BCUT2D eigenvalue weighted by molar-refractivity contribution is 0.0691. The zero-order chi connectivity index (χ0) is 9.26. The van der Waals surface area contributed by atoms with Gasteiger partial charge in [0.25, 0.3) is 0 Å². The molecule has 2 N–H and O–H groups in total. The van der Waals surface area contributed by atoms with Crippen molar-refractivity contribution in [2.24, 2.45) is 0 Å². The second kappa shape index (κ2) is 2.78. The fraction of sp³-hybridized carbons (Fsp3) is 0. The molecular formula is C8H6N2O3. The number of furan rings is 1. The maximum absolute atomic E-state index is 10.7. The van der Waals surface area contributed by atoms with Crippen LogP contribution in [-0.2, 0) is 0 Å². The second-order valence-electron chi connectivity index (χ2n) is 2.44. The predicted octanol–water partition coefficient (Wildman–Crippen LogP) is 1.37. The maximum atomic E-state index is 10.7. The van der Waals surface area contributed by atoms with Crippen molar-refractivity contribution in [3.8, 4) is 11.3 Å². The van der Waals surface area contributed by atoms with E-state index in [0.29, 0.717) is 11.3 Å². The number of aromatic carboxylic acids is 1. The Morgan fingerprint density at radius 3 is 3.08 bits per heavy atom. The normalized spacial score (nSPS) is 10.2. The third-order valence-electron chi connectivity index (χ3n) is 1.64. The first-order chi connectivity index (χ1) is 6.29. The molecule has 5 nitrogen and oxygen atoms in total. The van der Waals surface area contributed by atoms with Crippen molar-refractivity contribution in [2.75, 3.05) is 0 Å². The van der Waals surface area contributed by atoms with Crippen LogP contribution in [0.2, 0.25) is 0 Å². The predicted molar refractivity (Wildman–Crippen MR) is 43.2 cm³/mol. The zero-order valence-corrected chi connectivity index (χ0v) is 6.52. The van der Waals surface area contributed by atoms with Crippen molar-refractivity contribution in [3.05, 3.63) is 30.3 Å². The van der Waals surface area contributed by atoms with Crippen LogP contribution >= 0.6 is 0 Å². The van der Waals surface area contributed by atoms with Crippen molar-refractivity contribution in [1.82, 2.24) is 10.2 Å². The first-order valence-corrected chi connectivity index (χ1v) is 3.59. The summed E-state index contributed by atoms with van der Waals surface area (Å²) in [6.45, 7) is 0. The van der Waals surface area contributed by atoms with Gasteiger partial charge < -0.3 is 9.52 Å². The average molecular weight is 178 g/mol. The standard InChI is InChI=1S/C8H6N2O3/c11-8(12)7-5(4-9-10-7)6-2-1-3-13-6/h1-4H,(H,9,10)(H,11,12). The van der Waals surface area contributed by atoms with Crippen LogP contribution in [0.5, 0.6) is 0 Å². The van der Waals surface area contributed by atoms with Crippen molar-refractivity contribution in [2.45, 2.75) is 0 Å². The van der Waals surface area contributed by atoms with Gasteiger partial charge in [0.1, 0.15) is 5.76 Å². The van der Waals surface area contributed by atoms with Gasteiger partial charge in [-0.1, -0.05) is 0 Å². The number of carboxylic acids is 1. The average Bonchev–Trinajstić information content (AvgIpc) is 2.74. The summed E-state index contributed by atoms with van der Waals surface area (Å²) >= 11 is 0. The summed E-state index contributed by atoms with van der Waals surface area (Å²) in [5.74, 6) is -0.560. The summed E-state index contributed by atoms with van der Waals surface area (Å²) in [6.07, 6.45) is 2.90. The molecule has 0 aliphatic heterocycles. The number of rotatable bonds is 2. The van der Waals surface area contributed by atoms with Crippen LogP contribution in [0.4, 0.5) is 0 Å². The van der Waals surface area contributed by atoms with Gasteiger partial charge in [0.15, 0.2) is 5.69 Å². The van der Waals surface area contributed by atoms with E-state index in [1.807, 2.05) is 0 Å². The molecule has 2 heterocycles. The number of nitrogens with one attached hydrogen (secondary N) is 1. The lowest BCUT2D eigenvalue weighted by Crippen LogP contribution is -1.98. The SMILES string of the molecule is O=C(O)c1[nH]ncc1-c1ccco1. The van der Waals surface area contributed by atoms with Gasteiger partial charge in [-0.3, -0.25) is 5.10 Å². The van der Waals surface area contributed by atoms with Crippen molar-refractivity contribution < 1.29 is 14.3 Å². The number of aromatic amines is 1. The van der Waals surface area contributed by atoms with E-state index in [-0.39, 0.29) is 5.69 Å². The Bertz CT molecular complexity index is 416. The number of carbonyl (C=O) groups is 1. The van der Waals surface area contributed by atoms with Gasteiger partial charge in [0.05, 0.1) is 18.0 Å². The molecule has 0 aliphatic carbocycles. The van der Waals surface area contributed by atoms with Crippen molar-refractivity contribution in [1.29, 1.82) is 0 Å². The lowest BCUT2D eigenvalue weighted by atomic mass is 10.2. The van der Waals surface area contributed by atoms with Crippen LogP contribution in [0.3, 0.4) is 0 Å². The summed E-state index contributed by atoms with van der Waals surface area (Å²) in [7, 11) is 0. The van der Waals surface area contributed by atoms with E-state index in [0.717, 1.165) is 0 Å². The van der Waals surface area contributed by atoms with E-state index in [1.54, 1.807) is 12.1 Å². The Labute approximate surface area is 73.0 Å². The van der Waals surface area contributed by atoms with E-state index in [1.165, 1.54) is 12.5 Å². The Morgan fingerprint density at radius 1 is 1.62 bits per heavy atom. The van der Waals surface area contributed by atoms with Gasteiger partial charge >= 0.3 is 5.97 Å². The molecule has 0 bridgehead atoms. The first-order valence-electron chi connectivity index (χ1n) is 3.59. The largest absolute Gasteiger partial charge is 0.477 e. The van der Waals surface area contributed by atoms with E-state index in [2.05, 4.69) is 10.2 Å². The third kappa shape index (κ3) is 1.20. The second-order valence-corrected chi connectivity index (χ2v) is 2.44. The highest BCUT2D eigenvalue weighted by Gasteiger charge is 2.15. The highest BCUT2D eigenvalue weighted by Crippen LogP contribution is 2.21. The molecule has 0 radical (unpaired) electrons. The third-order valence-corrected chi connectivity index (χ3v) is 1.64. The molecule has 0 amide bonds. The molecule has 2 rings (SSSR count). The molecule has 0 aromatic carbocycles. The molecule has 5 heteroatoms. The number of hydrogen-bond acceptors (Lipinski definition) is 3. The number of nitrogens with zero attached hydrogens (tertiary/aromatic N) is 1. The number of carboxylic acid groups (broad SMARTS) is 1. The number of hydrogen-bond donors (Lipinski definition) is 2. The van der Waals surface area contributed by atoms with Gasteiger partial charge in [-0.2, -0.15) is 5.10 Å². The fourth-order valence-electron chi connectivity index (χ4n) is 1.07. The molecule has 0 saturated carbocycles. The van der Waals surface area contributed by atoms with Crippen LogP contribution in [0.25, 0.3) is 11.3 Å². The molecular weight excluding hydrogens is 172 g/mol. The number of aromatic nitrogens is 2. The monoisotopic (exact) mass is 178 g/mol. The summed E-state index contributed by atoms with van der Waals surface area (Å²) < 4.78 is 5.05. The molecule has 13 heavy (non-hydrogen) atoms. The molecule has 0 fully saturated rings. The van der Waals surface area contributed by atoms with Gasteiger partial charge in [-0.25, -0.2) is 4.79 Å². The van der Waals surface area contributed by atoms with E-state index < -0.39 is 5.97 Å². The summed E-state index contributed by atoms with van der Waals surface area (Å²) in [5.41, 5.74) is 0.493. The molecule has 0 saturated heterocycles. The zero-order valence-electron chi connectivity index (χ0n) is 6.52. The van der Waals surface area contributed by atoms with Crippen molar-refractivity contribution >= 4 is 5.97 Å². The van der Waals surface area contributed by atoms with Gasteiger partial charge in [-0.05, 0) is 12.1 Å². The van der Waals surface area contributed by atoms with E-state index in [4.69, 9.17) is 9.52 Å². The lowest BCUT2D eigenvalue weighted by Gasteiger charge is -1.92. The van der Waals surface area contributed by atoms with Crippen LogP contribution in [0.1, 0.15) is 10.5 Å². The fourth-order valence-corrected chi connectivity index (χ4v) is 1.07.